The van der Waals surface area contributed by atoms with E-state index in [0.717, 1.165) is 11.5 Å². The van der Waals surface area contributed by atoms with Crippen LogP contribution in [0.3, 0.4) is 0 Å². The molecule has 0 radical (unpaired) electrons. The molecule has 1 aliphatic rings. The van der Waals surface area contributed by atoms with Gasteiger partial charge < -0.3 is 24.1 Å². The van der Waals surface area contributed by atoms with Crippen LogP contribution in [0.25, 0.3) is 0 Å². The smallest absolute Gasteiger partial charge is 0.130 e. The van der Waals surface area contributed by atoms with E-state index in [2.05, 4.69) is 0 Å². The Morgan fingerprint density at radius 2 is 2.00 bits per heavy atom. The highest BCUT2D eigenvalue weighted by atomic mass is 16.6. The van der Waals surface area contributed by atoms with Gasteiger partial charge in [-0.2, -0.15) is 0 Å². The summed E-state index contributed by atoms with van der Waals surface area (Å²) in [6.45, 7) is 0.964. The molecule has 0 saturated heterocycles. The van der Waals surface area contributed by atoms with Crippen LogP contribution in [-0.4, -0.2) is 50.9 Å². The van der Waals surface area contributed by atoms with Crippen molar-refractivity contribution in [1.29, 1.82) is 0 Å². The molecular weight excluding hydrogens is 248 g/mol. The van der Waals surface area contributed by atoms with Crippen molar-refractivity contribution >= 4 is 0 Å². The molecule has 1 aliphatic carbocycles. The number of hydrogen-bond donors (Lipinski definition) is 1. The van der Waals surface area contributed by atoms with E-state index in [4.69, 9.17) is 18.9 Å². The lowest BCUT2D eigenvalue weighted by Gasteiger charge is -2.40. The monoisotopic (exact) mass is 268 g/mol. The second-order valence-electron chi connectivity index (χ2n) is 4.47. The Morgan fingerprint density at radius 1 is 1.21 bits per heavy atom. The molecule has 2 rings (SSSR count). The van der Waals surface area contributed by atoms with Crippen molar-refractivity contribution in [2.75, 3.05) is 27.4 Å². The highest BCUT2D eigenvalue weighted by Gasteiger charge is 2.42. The van der Waals surface area contributed by atoms with Gasteiger partial charge in [0.15, 0.2) is 0 Å². The zero-order valence-corrected chi connectivity index (χ0v) is 11.2. The van der Waals surface area contributed by atoms with Crippen LogP contribution in [0.15, 0.2) is 24.3 Å². The highest BCUT2D eigenvalue weighted by Crippen LogP contribution is 2.30. The molecule has 106 valence electrons. The number of ether oxygens (including phenoxy) is 4. The Kier molecular flexibility index (Phi) is 5.01. The molecule has 1 saturated carbocycles. The maximum Gasteiger partial charge on any atom is 0.130 e. The maximum atomic E-state index is 9.69. The van der Waals surface area contributed by atoms with Crippen molar-refractivity contribution in [3.8, 4) is 11.5 Å². The highest BCUT2D eigenvalue weighted by molar-refractivity contribution is 5.33. The van der Waals surface area contributed by atoms with E-state index in [1.54, 1.807) is 14.2 Å². The summed E-state index contributed by atoms with van der Waals surface area (Å²) in [5.74, 6) is 1.46. The summed E-state index contributed by atoms with van der Waals surface area (Å²) in [6, 6.07) is 7.40. The first-order valence-corrected chi connectivity index (χ1v) is 6.34. The number of benzene rings is 1. The second kappa shape index (κ2) is 6.75. The molecule has 0 amide bonds. The van der Waals surface area contributed by atoms with Gasteiger partial charge in [-0.05, 0) is 12.1 Å². The fraction of sp³-hybridized carbons (Fsp3) is 0.571. The molecule has 5 nitrogen and oxygen atoms in total. The van der Waals surface area contributed by atoms with Crippen LogP contribution in [0.2, 0.25) is 0 Å². The third-order valence-corrected chi connectivity index (χ3v) is 3.15. The first-order chi connectivity index (χ1) is 9.24. The zero-order valence-electron chi connectivity index (χ0n) is 11.2. The summed E-state index contributed by atoms with van der Waals surface area (Å²) in [5.41, 5.74) is 0. The number of hydrogen-bond acceptors (Lipinski definition) is 5. The van der Waals surface area contributed by atoms with Crippen LogP contribution in [-0.2, 0) is 9.47 Å². The first kappa shape index (κ1) is 14.1. The zero-order chi connectivity index (χ0) is 13.7. The van der Waals surface area contributed by atoms with Crippen LogP contribution in [0.4, 0.5) is 0 Å². The maximum absolute atomic E-state index is 9.69. The average molecular weight is 268 g/mol. The summed E-state index contributed by atoms with van der Waals surface area (Å²) >= 11 is 0. The van der Waals surface area contributed by atoms with E-state index >= 15 is 0 Å². The van der Waals surface area contributed by atoms with Crippen molar-refractivity contribution in [2.45, 2.75) is 24.7 Å². The van der Waals surface area contributed by atoms with Gasteiger partial charge in [-0.25, -0.2) is 0 Å². The molecular formula is C14H20O5. The van der Waals surface area contributed by atoms with Crippen LogP contribution >= 0.6 is 0 Å². The Hall–Kier alpha value is -1.30. The predicted octanol–water partition coefficient (Wildman–Crippen LogP) is 1.24. The minimum absolute atomic E-state index is 0.126. The second-order valence-corrected chi connectivity index (χ2v) is 4.47. The SMILES string of the molecule is COCCOC1C(O)CC1Oc1cccc(OC)c1. The summed E-state index contributed by atoms with van der Waals surface area (Å²) in [4.78, 5) is 0. The molecule has 3 atom stereocenters. The molecule has 0 bridgehead atoms. The molecule has 19 heavy (non-hydrogen) atoms. The Bertz CT molecular complexity index is 395. The molecule has 0 heterocycles. The quantitative estimate of drug-likeness (QED) is 0.754. The van der Waals surface area contributed by atoms with E-state index in [-0.39, 0.29) is 12.2 Å². The van der Waals surface area contributed by atoms with Gasteiger partial charge in [0.25, 0.3) is 0 Å². The number of aliphatic hydroxyl groups excluding tert-OH is 1. The molecule has 1 aromatic carbocycles. The van der Waals surface area contributed by atoms with Crippen LogP contribution in [0, 0.1) is 0 Å². The fourth-order valence-electron chi connectivity index (χ4n) is 2.01. The third-order valence-electron chi connectivity index (χ3n) is 3.15. The van der Waals surface area contributed by atoms with Crippen LogP contribution < -0.4 is 9.47 Å². The van der Waals surface area contributed by atoms with Crippen molar-refractivity contribution in [3.05, 3.63) is 24.3 Å². The fourth-order valence-corrected chi connectivity index (χ4v) is 2.01. The van der Waals surface area contributed by atoms with E-state index in [0.29, 0.717) is 19.6 Å². The van der Waals surface area contributed by atoms with Gasteiger partial charge in [0, 0.05) is 19.6 Å². The summed E-state index contributed by atoms with van der Waals surface area (Å²) in [7, 11) is 3.23. The number of methoxy groups -OCH3 is 2. The van der Waals surface area contributed by atoms with E-state index in [9.17, 15) is 5.11 Å². The molecule has 1 fully saturated rings. The van der Waals surface area contributed by atoms with Crippen LogP contribution in [0.5, 0.6) is 11.5 Å². The van der Waals surface area contributed by atoms with Crippen molar-refractivity contribution in [2.24, 2.45) is 0 Å². The van der Waals surface area contributed by atoms with Crippen molar-refractivity contribution < 1.29 is 24.1 Å². The van der Waals surface area contributed by atoms with E-state index in [1.807, 2.05) is 24.3 Å². The molecule has 3 unspecified atom stereocenters. The van der Waals surface area contributed by atoms with Gasteiger partial charge in [-0.1, -0.05) is 6.07 Å². The van der Waals surface area contributed by atoms with Crippen LogP contribution in [0.1, 0.15) is 6.42 Å². The standard InChI is InChI=1S/C14H20O5/c1-16-6-7-18-14-12(15)9-13(14)19-11-5-3-4-10(8-11)17-2/h3-5,8,12-15H,6-7,9H2,1-2H3. The topological polar surface area (TPSA) is 57.2 Å². The molecule has 0 aromatic heterocycles. The largest absolute Gasteiger partial charge is 0.497 e. The van der Waals surface area contributed by atoms with Crippen molar-refractivity contribution in [1.82, 2.24) is 0 Å². The van der Waals surface area contributed by atoms with Crippen molar-refractivity contribution in [3.63, 3.8) is 0 Å². The third kappa shape index (κ3) is 3.59. The molecule has 1 N–H and O–H groups in total. The van der Waals surface area contributed by atoms with Gasteiger partial charge in [-0.3, -0.25) is 0 Å². The average Bonchev–Trinajstić information content (AvgIpc) is 2.43. The Morgan fingerprint density at radius 3 is 2.68 bits per heavy atom. The van der Waals surface area contributed by atoms with E-state index < -0.39 is 6.10 Å². The molecule has 0 spiro atoms. The minimum Gasteiger partial charge on any atom is -0.497 e. The minimum atomic E-state index is -0.465. The van der Waals surface area contributed by atoms with Gasteiger partial charge in [-0.15, -0.1) is 0 Å². The van der Waals surface area contributed by atoms with Gasteiger partial charge in [0.2, 0.25) is 0 Å². The number of aliphatic hydroxyl groups is 1. The summed E-state index contributed by atoms with van der Waals surface area (Å²) in [5, 5.41) is 9.69. The lowest BCUT2D eigenvalue weighted by Crippen LogP contribution is -2.55. The Labute approximate surface area is 113 Å². The number of rotatable bonds is 7. The summed E-state index contributed by atoms with van der Waals surface area (Å²) in [6.07, 6.45) is -0.303. The van der Waals surface area contributed by atoms with E-state index in [1.165, 1.54) is 0 Å². The lowest BCUT2D eigenvalue weighted by molar-refractivity contribution is -0.167. The molecule has 0 aliphatic heterocycles. The molecule has 5 heteroatoms. The summed E-state index contributed by atoms with van der Waals surface area (Å²) < 4.78 is 21.4. The van der Waals surface area contributed by atoms with Gasteiger partial charge in [0.1, 0.15) is 23.7 Å². The first-order valence-electron chi connectivity index (χ1n) is 6.34. The normalized spacial score (nSPS) is 25.7. The van der Waals surface area contributed by atoms with Gasteiger partial charge in [0.05, 0.1) is 26.4 Å². The Balaban J connectivity index is 1.87. The predicted molar refractivity (Wildman–Crippen MR) is 69.6 cm³/mol. The molecule has 1 aromatic rings. The lowest BCUT2D eigenvalue weighted by atomic mass is 9.88. The van der Waals surface area contributed by atoms with Gasteiger partial charge >= 0.3 is 0 Å².